The minimum absolute atomic E-state index is 0.118. The third-order valence-electron chi connectivity index (χ3n) is 3.12. The van der Waals surface area contributed by atoms with Crippen LogP contribution in [0.5, 0.6) is 0 Å². The summed E-state index contributed by atoms with van der Waals surface area (Å²) in [6.45, 7) is 8.08. The van der Waals surface area contributed by atoms with E-state index in [1.54, 1.807) is 6.92 Å². The number of benzene rings is 1. The molecule has 21 heavy (non-hydrogen) atoms. The van der Waals surface area contributed by atoms with Crippen molar-refractivity contribution in [2.24, 2.45) is 0 Å². The number of nitrogens with one attached hydrogen (secondary N) is 2. The Balaban J connectivity index is 2.27. The van der Waals surface area contributed by atoms with Gasteiger partial charge < -0.3 is 15.1 Å². The molecule has 0 fully saturated rings. The molecule has 1 heterocycles. The van der Waals surface area contributed by atoms with Gasteiger partial charge in [-0.25, -0.2) is 0 Å². The maximum Gasteiger partial charge on any atom is 0.249 e. The minimum Gasteiger partial charge on any atom is -0.421 e. The number of rotatable bonds is 5. The van der Waals surface area contributed by atoms with E-state index in [9.17, 15) is 4.79 Å². The van der Waals surface area contributed by atoms with Crippen molar-refractivity contribution in [2.45, 2.75) is 33.2 Å². The van der Waals surface area contributed by atoms with Crippen molar-refractivity contribution in [1.29, 1.82) is 0 Å². The number of carbonyl (C=O) groups excluding carboxylic acids is 1. The van der Waals surface area contributed by atoms with E-state index >= 15 is 0 Å². The lowest BCUT2D eigenvalue weighted by Crippen LogP contribution is -2.49. The summed E-state index contributed by atoms with van der Waals surface area (Å²) >= 11 is 0. The van der Waals surface area contributed by atoms with E-state index in [-0.39, 0.29) is 5.91 Å². The van der Waals surface area contributed by atoms with Gasteiger partial charge in [-0.1, -0.05) is 19.1 Å². The van der Waals surface area contributed by atoms with Crippen LogP contribution >= 0.6 is 0 Å². The van der Waals surface area contributed by atoms with Gasteiger partial charge in [-0.05, 0) is 32.5 Å². The molecule has 0 bridgehead atoms. The quantitative estimate of drug-likeness (QED) is 0.883. The van der Waals surface area contributed by atoms with Gasteiger partial charge in [0.15, 0.2) is 0 Å². The molecule has 2 N–H and O–H groups in total. The van der Waals surface area contributed by atoms with Crippen molar-refractivity contribution in [2.75, 3.05) is 11.9 Å². The largest absolute Gasteiger partial charge is 0.421 e. The Hall–Kier alpha value is -2.21. The summed E-state index contributed by atoms with van der Waals surface area (Å²) in [5.41, 5.74) is 0.697. The van der Waals surface area contributed by atoms with Gasteiger partial charge in [-0.3, -0.25) is 4.79 Å². The molecule has 0 aliphatic heterocycles. The molecule has 0 radical (unpaired) electrons. The maximum atomic E-state index is 12.4. The average molecular weight is 288 g/mol. The normalized spacial score (nSPS) is 11.4. The van der Waals surface area contributed by atoms with Gasteiger partial charge in [-0.15, -0.1) is 10.2 Å². The predicted molar refractivity (Wildman–Crippen MR) is 80.9 cm³/mol. The van der Waals surface area contributed by atoms with Crippen molar-refractivity contribution in [3.63, 3.8) is 0 Å². The highest BCUT2D eigenvalue weighted by Gasteiger charge is 2.27. The zero-order valence-electron chi connectivity index (χ0n) is 12.7. The van der Waals surface area contributed by atoms with Gasteiger partial charge in [-0.2, -0.15) is 0 Å². The number of hydrogen-bond acceptors (Lipinski definition) is 5. The number of aryl methyl sites for hydroxylation is 1. The summed E-state index contributed by atoms with van der Waals surface area (Å²) in [6, 6.07) is 7.36. The number of nitrogens with zero attached hydrogens (tertiary/aromatic N) is 2. The molecule has 0 saturated carbocycles. The Morgan fingerprint density at radius 3 is 2.62 bits per heavy atom. The number of likely N-dealkylation sites (N-methyl/N-ethyl adjacent to an activating group) is 1. The number of carbonyl (C=O) groups is 1. The number of hydrogen-bond donors (Lipinski definition) is 2. The molecule has 0 unspecified atom stereocenters. The average Bonchev–Trinajstić information content (AvgIpc) is 2.86. The molecule has 112 valence electrons. The molecule has 1 aromatic heterocycles. The molecule has 0 saturated heterocycles. The second kappa shape index (κ2) is 6.05. The van der Waals surface area contributed by atoms with E-state index in [1.807, 2.05) is 45.0 Å². The van der Waals surface area contributed by atoms with Gasteiger partial charge in [0.25, 0.3) is 0 Å². The standard InChI is InChI=1S/C15H20N4O2/c1-5-16-15(3,4)14(20)17-12-9-7-6-8-11(12)13-19-18-10(2)21-13/h6-9,16H,5H2,1-4H3,(H,17,20). The fourth-order valence-electron chi connectivity index (χ4n) is 1.98. The molecule has 2 aromatic rings. The van der Waals surface area contributed by atoms with E-state index in [1.165, 1.54) is 0 Å². The Labute approximate surface area is 124 Å². The third kappa shape index (κ3) is 3.46. The lowest BCUT2D eigenvalue weighted by molar-refractivity contribution is -0.121. The lowest BCUT2D eigenvalue weighted by Gasteiger charge is -2.24. The van der Waals surface area contributed by atoms with Crippen LogP contribution < -0.4 is 10.6 Å². The van der Waals surface area contributed by atoms with E-state index in [0.29, 0.717) is 29.6 Å². The van der Waals surface area contributed by atoms with E-state index in [2.05, 4.69) is 20.8 Å². The fraction of sp³-hybridized carbons (Fsp3) is 0.400. The summed E-state index contributed by atoms with van der Waals surface area (Å²) in [6.07, 6.45) is 0. The molecule has 6 nitrogen and oxygen atoms in total. The van der Waals surface area contributed by atoms with E-state index in [0.717, 1.165) is 0 Å². The highest BCUT2D eigenvalue weighted by molar-refractivity contribution is 6.00. The van der Waals surface area contributed by atoms with Crippen molar-refractivity contribution in [3.8, 4) is 11.5 Å². The van der Waals surface area contributed by atoms with Crippen LogP contribution in [0.4, 0.5) is 5.69 Å². The molecular weight excluding hydrogens is 268 g/mol. The monoisotopic (exact) mass is 288 g/mol. The summed E-state index contributed by atoms with van der Waals surface area (Å²) in [4.78, 5) is 12.4. The molecule has 1 amide bonds. The third-order valence-corrected chi connectivity index (χ3v) is 3.12. The predicted octanol–water partition coefficient (Wildman–Crippen LogP) is 2.37. The first-order valence-corrected chi connectivity index (χ1v) is 6.90. The van der Waals surface area contributed by atoms with Crippen molar-refractivity contribution in [1.82, 2.24) is 15.5 Å². The maximum absolute atomic E-state index is 12.4. The zero-order chi connectivity index (χ0) is 15.5. The fourth-order valence-corrected chi connectivity index (χ4v) is 1.98. The van der Waals surface area contributed by atoms with E-state index in [4.69, 9.17) is 4.42 Å². The van der Waals surface area contributed by atoms with Gasteiger partial charge in [0.2, 0.25) is 17.7 Å². The molecule has 0 aliphatic rings. The summed E-state index contributed by atoms with van der Waals surface area (Å²) < 4.78 is 5.44. The first-order chi connectivity index (χ1) is 9.94. The van der Waals surface area contributed by atoms with Gasteiger partial charge >= 0.3 is 0 Å². The van der Waals surface area contributed by atoms with Crippen LogP contribution in [0.15, 0.2) is 28.7 Å². The van der Waals surface area contributed by atoms with Gasteiger partial charge in [0, 0.05) is 6.92 Å². The first kappa shape index (κ1) is 15.2. The number of amides is 1. The molecule has 2 rings (SSSR count). The Morgan fingerprint density at radius 2 is 2.00 bits per heavy atom. The molecule has 0 atom stereocenters. The zero-order valence-corrected chi connectivity index (χ0v) is 12.7. The Morgan fingerprint density at radius 1 is 1.29 bits per heavy atom. The molecular formula is C15H20N4O2. The van der Waals surface area contributed by atoms with Crippen LogP contribution in [0, 0.1) is 6.92 Å². The van der Waals surface area contributed by atoms with Crippen LogP contribution in [0.3, 0.4) is 0 Å². The van der Waals surface area contributed by atoms with Crippen LogP contribution in [0.25, 0.3) is 11.5 Å². The van der Waals surface area contributed by atoms with Gasteiger partial charge in [0.05, 0.1) is 16.8 Å². The Bertz CT molecular complexity index is 634. The SMILES string of the molecule is CCNC(C)(C)C(=O)Nc1ccccc1-c1nnc(C)o1. The Kier molecular flexibility index (Phi) is 4.37. The smallest absolute Gasteiger partial charge is 0.249 e. The second-order valence-electron chi connectivity index (χ2n) is 5.28. The van der Waals surface area contributed by atoms with E-state index < -0.39 is 5.54 Å². The minimum atomic E-state index is -0.660. The summed E-state index contributed by atoms with van der Waals surface area (Å²) in [7, 11) is 0. The van der Waals surface area contributed by atoms with Crippen LogP contribution in [0.1, 0.15) is 26.7 Å². The topological polar surface area (TPSA) is 80.0 Å². The highest BCUT2D eigenvalue weighted by Crippen LogP contribution is 2.27. The number of anilines is 1. The molecule has 1 aromatic carbocycles. The van der Waals surface area contributed by atoms with Crippen LogP contribution in [0.2, 0.25) is 0 Å². The summed E-state index contributed by atoms with van der Waals surface area (Å²) in [5, 5.41) is 13.9. The first-order valence-electron chi connectivity index (χ1n) is 6.90. The second-order valence-corrected chi connectivity index (χ2v) is 5.28. The lowest BCUT2D eigenvalue weighted by atomic mass is 10.0. The highest BCUT2D eigenvalue weighted by atomic mass is 16.4. The molecule has 0 aliphatic carbocycles. The van der Waals surface area contributed by atoms with Gasteiger partial charge in [0.1, 0.15) is 0 Å². The summed E-state index contributed by atoms with van der Waals surface area (Å²) in [5.74, 6) is 0.761. The number of para-hydroxylation sites is 1. The number of aromatic nitrogens is 2. The van der Waals surface area contributed by atoms with Crippen molar-refractivity contribution >= 4 is 11.6 Å². The van der Waals surface area contributed by atoms with Crippen molar-refractivity contribution < 1.29 is 9.21 Å². The van der Waals surface area contributed by atoms with Crippen LogP contribution in [-0.4, -0.2) is 28.2 Å². The van der Waals surface area contributed by atoms with Crippen LogP contribution in [-0.2, 0) is 4.79 Å². The molecule has 6 heteroatoms. The molecule has 0 spiro atoms. The van der Waals surface area contributed by atoms with Crippen molar-refractivity contribution in [3.05, 3.63) is 30.2 Å².